The highest BCUT2D eigenvalue weighted by molar-refractivity contribution is 6.35. The van der Waals surface area contributed by atoms with Crippen molar-refractivity contribution in [3.8, 4) is 5.75 Å². The van der Waals surface area contributed by atoms with Gasteiger partial charge in [-0.05, 0) is 49.6 Å². The van der Waals surface area contributed by atoms with Gasteiger partial charge in [0.05, 0.1) is 17.7 Å². The lowest BCUT2D eigenvalue weighted by atomic mass is 9.97. The normalized spacial score (nSPS) is 10.4. The molecule has 0 spiro atoms. The van der Waals surface area contributed by atoms with Gasteiger partial charge < -0.3 is 4.74 Å². The van der Waals surface area contributed by atoms with Gasteiger partial charge in [0.25, 0.3) is 0 Å². The highest BCUT2D eigenvalue weighted by atomic mass is 35.5. The standard InChI is InChI=1S/C17H17ClO2/c1-10-8-9-14(17(20-4)12(10)3)16(19)13-7-5-6-11(2)15(13)18/h5-9H,1-4H3. The predicted octanol–water partition coefficient (Wildman–Crippen LogP) is 4.50. The largest absolute Gasteiger partial charge is 0.496 e. The second kappa shape index (κ2) is 5.68. The number of hydrogen-bond acceptors (Lipinski definition) is 2. The Morgan fingerprint density at radius 1 is 1.00 bits per heavy atom. The summed E-state index contributed by atoms with van der Waals surface area (Å²) in [4.78, 5) is 12.7. The maximum Gasteiger partial charge on any atom is 0.198 e. The minimum Gasteiger partial charge on any atom is -0.496 e. The molecule has 0 saturated carbocycles. The first kappa shape index (κ1) is 14.6. The van der Waals surface area contributed by atoms with E-state index in [9.17, 15) is 4.79 Å². The van der Waals surface area contributed by atoms with Crippen LogP contribution in [0, 0.1) is 20.8 Å². The van der Waals surface area contributed by atoms with Gasteiger partial charge in [0.15, 0.2) is 5.78 Å². The first-order chi connectivity index (χ1) is 9.47. The van der Waals surface area contributed by atoms with Gasteiger partial charge in [0.1, 0.15) is 5.75 Å². The number of rotatable bonds is 3. The minimum atomic E-state index is -0.112. The molecule has 0 bridgehead atoms. The molecule has 0 radical (unpaired) electrons. The van der Waals surface area contributed by atoms with Crippen LogP contribution in [0.1, 0.15) is 32.6 Å². The fourth-order valence-electron chi connectivity index (χ4n) is 2.20. The molecule has 0 aromatic heterocycles. The molecule has 0 aliphatic rings. The third-order valence-corrected chi connectivity index (χ3v) is 4.06. The number of benzene rings is 2. The lowest BCUT2D eigenvalue weighted by Gasteiger charge is -2.13. The molecule has 20 heavy (non-hydrogen) atoms. The molecule has 0 amide bonds. The summed E-state index contributed by atoms with van der Waals surface area (Å²) in [6.45, 7) is 5.82. The third-order valence-electron chi connectivity index (χ3n) is 3.56. The Bertz CT molecular complexity index is 675. The van der Waals surface area contributed by atoms with Crippen LogP contribution >= 0.6 is 11.6 Å². The molecule has 0 atom stereocenters. The summed E-state index contributed by atoms with van der Waals surface area (Å²) < 4.78 is 5.41. The van der Waals surface area contributed by atoms with Crippen molar-refractivity contribution in [2.75, 3.05) is 7.11 Å². The van der Waals surface area contributed by atoms with Crippen molar-refractivity contribution < 1.29 is 9.53 Å². The number of carbonyl (C=O) groups excluding carboxylic acids is 1. The number of carbonyl (C=O) groups is 1. The zero-order chi connectivity index (χ0) is 14.9. The Labute approximate surface area is 124 Å². The van der Waals surface area contributed by atoms with Crippen molar-refractivity contribution >= 4 is 17.4 Å². The molecular formula is C17H17ClO2. The average Bonchev–Trinajstić information content (AvgIpc) is 2.44. The van der Waals surface area contributed by atoms with E-state index in [0.29, 0.717) is 21.9 Å². The predicted molar refractivity (Wildman–Crippen MR) is 82.1 cm³/mol. The molecule has 2 aromatic rings. The molecule has 0 fully saturated rings. The number of ether oxygens (including phenoxy) is 1. The van der Waals surface area contributed by atoms with Crippen LogP contribution in [0.4, 0.5) is 0 Å². The van der Waals surface area contributed by atoms with E-state index in [1.807, 2.05) is 39.0 Å². The Kier molecular flexibility index (Phi) is 4.15. The van der Waals surface area contributed by atoms with Gasteiger partial charge >= 0.3 is 0 Å². The summed E-state index contributed by atoms with van der Waals surface area (Å²) in [5, 5.41) is 0.498. The highest BCUT2D eigenvalue weighted by Crippen LogP contribution is 2.30. The van der Waals surface area contributed by atoms with Gasteiger partial charge in [-0.2, -0.15) is 0 Å². The second-order valence-corrected chi connectivity index (χ2v) is 5.23. The molecule has 0 N–H and O–H groups in total. The van der Waals surface area contributed by atoms with E-state index in [-0.39, 0.29) is 5.78 Å². The highest BCUT2D eigenvalue weighted by Gasteiger charge is 2.19. The zero-order valence-electron chi connectivity index (χ0n) is 12.1. The molecule has 0 aliphatic heterocycles. The molecule has 0 saturated heterocycles. The van der Waals surface area contributed by atoms with Gasteiger partial charge in [-0.3, -0.25) is 4.79 Å². The summed E-state index contributed by atoms with van der Waals surface area (Å²) in [6, 6.07) is 9.18. The number of methoxy groups -OCH3 is 1. The Hall–Kier alpha value is -1.80. The van der Waals surface area contributed by atoms with Gasteiger partial charge in [-0.1, -0.05) is 29.8 Å². The Morgan fingerprint density at radius 2 is 1.70 bits per heavy atom. The number of aryl methyl sites for hydroxylation is 2. The van der Waals surface area contributed by atoms with Gasteiger partial charge in [-0.15, -0.1) is 0 Å². The zero-order valence-corrected chi connectivity index (χ0v) is 12.8. The molecular weight excluding hydrogens is 272 g/mol. The van der Waals surface area contributed by atoms with Crippen LogP contribution in [-0.4, -0.2) is 12.9 Å². The first-order valence-corrected chi connectivity index (χ1v) is 6.79. The summed E-state index contributed by atoms with van der Waals surface area (Å²) >= 11 is 6.24. The van der Waals surface area contributed by atoms with Gasteiger partial charge in [-0.25, -0.2) is 0 Å². The maximum atomic E-state index is 12.7. The van der Waals surface area contributed by atoms with Crippen LogP contribution in [0.25, 0.3) is 0 Å². The average molecular weight is 289 g/mol. The molecule has 2 rings (SSSR count). The fourth-order valence-corrected chi connectivity index (χ4v) is 2.41. The number of ketones is 1. The molecule has 2 aromatic carbocycles. The van der Waals surface area contributed by atoms with Crippen molar-refractivity contribution in [2.24, 2.45) is 0 Å². The molecule has 0 aliphatic carbocycles. The quantitative estimate of drug-likeness (QED) is 0.777. The van der Waals surface area contributed by atoms with Crippen LogP contribution in [0.5, 0.6) is 5.75 Å². The number of halogens is 1. The van der Waals surface area contributed by atoms with Crippen LogP contribution in [-0.2, 0) is 0 Å². The lowest BCUT2D eigenvalue weighted by molar-refractivity contribution is 0.103. The van der Waals surface area contributed by atoms with Crippen LogP contribution < -0.4 is 4.74 Å². The number of hydrogen-bond donors (Lipinski definition) is 0. The SMILES string of the molecule is COc1c(C(=O)c2cccc(C)c2Cl)ccc(C)c1C. The molecule has 3 heteroatoms. The van der Waals surface area contributed by atoms with E-state index in [1.165, 1.54) is 0 Å². The third kappa shape index (κ3) is 2.44. The molecule has 2 nitrogen and oxygen atoms in total. The maximum absolute atomic E-state index is 12.7. The molecule has 104 valence electrons. The van der Waals surface area contributed by atoms with Crippen molar-refractivity contribution in [3.63, 3.8) is 0 Å². The van der Waals surface area contributed by atoms with Gasteiger partial charge in [0, 0.05) is 5.56 Å². The van der Waals surface area contributed by atoms with E-state index < -0.39 is 0 Å². The summed E-state index contributed by atoms with van der Waals surface area (Å²) in [5.41, 5.74) is 4.01. The topological polar surface area (TPSA) is 26.3 Å². The fraction of sp³-hybridized carbons (Fsp3) is 0.235. The Balaban J connectivity index is 2.60. The van der Waals surface area contributed by atoms with E-state index in [4.69, 9.17) is 16.3 Å². The van der Waals surface area contributed by atoms with Crippen LogP contribution in [0.15, 0.2) is 30.3 Å². The van der Waals surface area contributed by atoms with Crippen molar-refractivity contribution in [1.82, 2.24) is 0 Å². The first-order valence-electron chi connectivity index (χ1n) is 6.41. The summed E-state index contributed by atoms with van der Waals surface area (Å²) in [6.07, 6.45) is 0. The smallest absolute Gasteiger partial charge is 0.198 e. The van der Waals surface area contributed by atoms with Crippen LogP contribution in [0.3, 0.4) is 0 Å². The Morgan fingerprint density at radius 3 is 2.35 bits per heavy atom. The van der Waals surface area contributed by atoms with Crippen molar-refractivity contribution in [3.05, 3.63) is 63.2 Å². The molecule has 0 unspecified atom stereocenters. The molecule has 0 heterocycles. The summed E-state index contributed by atoms with van der Waals surface area (Å²) in [7, 11) is 1.58. The van der Waals surface area contributed by atoms with E-state index in [2.05, 4.69) is 0 Å². The summed E-state index contributed by atoms with van der Waals surface area (Å²) in [5.74, 6) is 0.506. The van der Waals surface area contributed by atoms with E-state index >= 15 is 0 Å². The monoisotopic (exact) mass is 288 g/mol. The minimum absolute atomic E-state index is 0.112. The lowest BCUT2D eigenvalue weighted by Crippen LogP contribution is -2.07. The van der Waals surface area contributed by atoms with Gasteiger partial charge in [0.2, 0.25) is 0 Å². The van der Waals surface area contributed by atoms with Crippen molar-refractivity contribution in [2.45, 2.75) is 20.8 Å². The second-order valence-electron chi connectivity index (χ2n) is 4.85. The van der Waals surface area contributed by atoms with Crippen molar-refractivity contribution in [1.29, 1.82) is 0 Å². The van der Waals surface area contributed by atoms with Crippen LogP contribution in [0.2, 0.25) is 5.02 Å². The van der Waals surface area contributed by atoms with E-state index in [1.54, 1.807) is 19.2 Å². The van der Waals surface area contributed by atoms with E-state index in [0.717, 1.165) is 16.7 Å².